The smallest absolute Gasteiger partial charge is 0.0306 e. The third-order valence-corrected chi connectivity index (χ3v) is 4.71. The summed E-state index contributed by atoms with van der Waals surface area (Å²) in [6, 6.07) is 17.8. The minimum absolute atomic E-state index is 0.343. The summed E-state index contributed by atoms with van der Waals surface area (Å²) in [5.74, 6) is 0.829. The van der Waals surface area contributed by atoms with Crippen LogP contribution in [0.3, 0.4) is 0 Å². The van der Waals surface area contributed by atoms with Crippen LogP contribution in [0.15, 0.2) is 53.0 Å². The molecular weight excluding hydrogens is 310 g/mol. The molecule has 1 unspecified atom stereocenters. The van der Waals surface area contributed by atoms with Crippen LogP contribution < -0.4 is 5.32 Å². The largest absolute Gasteiger partial charge is 0.306 e. The number of rotatable bonds is 5. The molecule has 1 nitrogen and oxygen atoms in total. The van der Waals surface area contributed by atoms with Gasteiger partial charge in [0.05, 0.1) is 0 Å². The highest BCUT2D eigenvalue weighted by atomic mass is 79.9. The minimum atomic E-state index is 0.343. The van der Waals surface area contributed by atoms with Crippen molar-refractivity contribution >= 4 is 15.9 Å². The lowest BCUT2D eigenvalue weighted by Gasteiger charge is -2.16. The molecule has 3 rings (SSSR count). The predicted octanol–water partition coefficient (Wildman–Crippen LogP) is 5.18. The molecule has 0 heterocycles. The fraction of sp³-hybridized carbons (Fsp3) is 0.333. The van der Waals surface area contributed by atoms with Crippen LogP contribution in [0, 0.1) is 0 Å². The Kier molecular flexibility index (Phi) is 4.23. The zero-order valence-corrected chi connectivity index (χ0v) is 13.4. The van der Waals surface area contributed by atoms with Gasteiger partial charge in [-0.3, -0.25) is 0 Å². The van der Waals surface area contributed by atoms with E-state index >= 15 is 0 Å². The first-order valence-corrected chi connectivity index (χ1v) is 8.10. The zero-order chi connectivity index (χ0) is 13.9. The summed E-state index contributed by atoms with van der Waals surface area (Å²) in [6.07, 6.45) is 2.73. The second-order valence-electron chi connectivity index (χ2n) is 5.64. The molecule has 2 heteroatoms. The van der Waals surface area contributed by atoms with E-state index in [1.54, 1.807) is 0 Å². The van der Waals surface area contributed by atoms with E-state index in [0.29, 0.717) is 6.04 Å². The van der Waals surface area contributed by atoms with Crippen molar-refractivity contribution in [2.24, 2.45) is 0 Å². The standard InChI is InChI=1S/C18H20BrN/c1-13(17-7-2-3-8-18(17)19)20-12-14-5-4-6-16(11-14)15-9-10-15/h2-8,11,13,15,20H,9-10,12H2,1H3. The van der Waals surface area contributed by atoms with Crippen molar-refractivity contribution in [3.8, 4) is 0 Å². The SMILES string of the molecule is CC(NCc1cccc(C2CC2)c1)c1ccccc1Br. The molecule has 0 radical (unpaired) electrons. The van der Waals surface area contributed by atoms with E-state index < -0.39 is 0 Å². The summed E-state index contributed by atoms with van der Waals surface area (Å²) < 4.78 is 1.17. The molecule has 2 aromatic rings. The van der Waals surface area contributed by atoms with Gasteiger partial charge < -0.3 is 5.32 Å². The molecule has 0 bridgehead atoms. The Morgan fingerprint density at radius 1 is 1.15 bits per heavy atom. The quantitative estimate of drug-likeness (QED) is 0.797. The van der Waals surface area contributed by atoms with Crippen LogP contribution in [0.25, 0.3) is 0 Å². The Morgan fingerprint density at radius 3 is 2.70 bits per heavy atom. The van der Waals surface area contributed by atoms with Crippen molar-refractivity contribution in [3.05, 3.63) is 69.7 Å². The molecule has 20 heavy (non-hydrogen) atoms. The molecule has 104 valence electrons. The van der Waals surface area contributed by atoms with Crippen LogP contribution in [0.5, 0.6) is 0 Å². The summed E-state index contributed by atoms with van der Waals surface area (Å²) in [5, 5.41) is 3.61. The second kappa shape index (κ2) is 6.11. The van der Waals surface area contributed by atoms with Gasteiger partial charge >= 0.3 is 0 Å². The van der Waals surface area contributed by atoms with Gasteiger partial charge in [0.1, 0.15) is 0 Å². The maximum absolute atomic E-state index is 3.62. The van der Waals surface area contributed by atoms with Crippen LogP contribution >= 0.6 is 15.9 Å². The molecule has 1 aliphatic rings. The van der Waals surface area contributed by atoms with Crippen molar-refractivity contribution in [3.63, 3.8) is 0 Å². The van der Waals surface area contributed by atoms with Gasteiger partial charge in [-0.05, 0) is 48.4 Å². The normalized spacial score (nSPS) is 16.1. The Labute approximate surface area is 129 Å². The average molecular weight is 330 g/mol. The predicted molar refractivity (Wildman–Crippen MR) is 87.8 cm³/mol. The monoisotopic (exact) mass is 329 g/mol. The molecule has 1 atom stereocenters. The minimum Gasteiger partial charge on any atom is -0.306 e. The van der Waals surface area contributed by atoms with Crippen LogP contribution in [0.4, 0.5) is 0 Å². The van der Waals surface area contributed by atoms with Crippen molar-refractivity contribution in [2.45, 2.75) is 38.3 Å². The molecule has 1 saturated carbocycles. The van der Waals surface area contributed by atoms with Crippen molar-refractivity contribution < 1.29 is 0 Å². The van der Waals surface area contributed by atoms with E-state index in [0.717, 1.165) is 12.5 Å². The highest BCUT2D eigenvalue weighted by Gasteiger charge is 2.23. The molecule has 1 aliphatic carbocycles. The van der Waals surface area contributed by atoms with Gasteiger partial charge in [0.25, 0.3) is 0 Å². The third kappa shape index (κ3) is 3.31. The number of nitrogens with one attached hydrogen (secondary N) is 1. The summed E-state index contributed by atoms with van der Waals surface area (Å²) in [5.41, 5.74) is 4.21. The maximum Gasteiger partial charge on any atom is 0.0306 e. The van der Waals surface area contributed by atoms with E-state index in [1.807, 2.05) is 0 Å². The lowest BCUT2D eigenvalue weighted by molar-refractivity contribution is 0.572. The Morgan fingerprint density at radius 2 is 1.95 bits per heavy atom. The first-order valence-electron chi connectivity index (χ1n) is 7.30. The molecule has 0 aromatic heterocycles. The molecule has 0 spiro atoms. The Bertz CT molecular complexity index is 589. The van der Waals surface area contributed by atoms with Crippen LogP contribution in [0.2, 0.25) is 0 Å². The van der Waals surface area contributed by atoms with Gasteiger partial charge in [-0.1, -0.05) is 58.4 Å². The molecule has 0 saturated heterocycles. The van der Waals surface area contributed by atoms with Gasteiger partial charge in [0, 0.05) is 17.1 Å². The van der Waals surface area contributed by atoms with E-state index in [4.69, 9.17) is 0 Å². The number of benzene rings is 2. The van der Waals surface area contributed by atoms with Crippen LogP contribution in [0.1, 0.15) is 48.4 Å². The molecular formula is C18H20BrN. The fourth-order valence-electron chi connectivity index (χ4n) is 2.58. The van der Waals surface area contributed by atoms with Crippen LogP contribution in [-0.4, -0.2) is 0 Å². The first-order chi connectivity index (χ1) is 9.74. The van der Waals surface area contributed by atoms with Gasteiger partial charge in [-0.15, -0.1) is 0 Å². The maximum atomic E-state index is 3.62. The van der Waals surface area contributed by atoms with Gasteiger partial charge in [0.15, 0.2) is 0 Å². The number of hydrogen-bond acceptors (Lipinski definition) is 1. The van der Waals surface area contributed by atoms with Crippen LogP contribution in [-0.2, 0) is 6.54 Å². The first kappa shape index (κ1) is 13.8. The molecule has 2 aromatic carbocycles. The lowest BCUT2D eigenvalue weighted by Crippen LogP contribution is -2.18. The number of hydrogen-bond donors (Lipinski definition) is 1. The summed E-state index contributed by atoms with van der Waals surface area (Å²) in [7, 11) is 0. The molecule has 1 fully saturated rings. The van der Waals surface area contributed by atoms with E-state index in [2.05, 4.69) is 76.7 Å². The van der Waals surface area contributed by atoms with E-state index in [1.165, 1.54) is 34.0 Å². The molecule has 1 N–H and O–H groups in total. The average Bonchev–Trinajstić information content (AvgIpc) is 3.30. The molecule has 0 amide bonds. The summed E-state index contributed by atoms with van der Waals surface area (Å²) in [4.78, 5) is 0. The van der Waals surface area contributed by atoms with Crippen molar-refractivity contribution in [2.75, 3.05) is 0 Å². The Balaban J connectivity index is 1.64. The highest BCUT2D eigenvalue weighted by Crippen LogP contribution is 2.40. The van der Waals surface area contributed by atoms with E-state index in [-0.39, 0.29) is 0 Å². The summed E-state index contributed by atoms with van der Waals surface area (Å²) >= 11 is 3.62. The van der Waals surface area contributed by atoms with E-state index in [9.17, 15) is 0 Å². The third-order valence-electron chi connectivity index (χ3n) is 3.98. The topological polar surface area (TPSA) is 12.0 Å². The van der Waals surface area contributed by atoms with Gasteiger partial charge in [0.2, 0.25) is 0 Å². The lowest BCUT2D eigenvalue weighted by atomic mass is 10.1. The zero-order valence-electron chi connectivity index (χ0n) is 11.8. The number of halogens is 1. The summed E-state index contributed by atoms with van der Waals surface area (Å²) in [6.45, 7) is 3.13. The fourth-order valence-corrected chi connectivity index (χ4v) is 3.21. The van der Waals surface area contributed by atoms with Gasteiger partial charge in [-0.2, -0.15) is 0 Å². The van der Waals surface area contributed by atoms with Gasteiger partial charge in [-0.25, -0.2) is 0 Å². The Hall–Kier alpha value is -1.12. The van der Waals surface area contributed by atoms with Crippen molar-refractivity contribution in [1.29, 1.82) is 0 Å². The molecule has 0 aliphatic heterocycles. The highest BCUT2D eigenvalue weighted by molar-refractivity contribution is 9.10. The second-order valence-corrected chi connectivity index (χ2v) is 6.50. The van der Waals surface area contributed by atoms with Crippen molar-refractivity contribution in [1.82, 2.24) is 5.32 Å².